The van der Waals surface area contributed by atoms with Gasteiger partial charge in [-0.3, -0.25) is 4.79 Å². The van der Waals surface area contributed by atoms with Crippen LogP contribution in [0.25, 0.3) is 0 Å². The number of carboxylic acid groups (broad SMARTS) is 1. The van der Waals surface area contributed by atoms with Crippen molar-refractivity contribution < 1.29 is 24.2 Å². The summed E-state index contributed by atoms with van der Waals surface area (Å²) in [5.41, 5.74) is 0. The van der Waals surface area contributed by atoms with E-state index in [0.29, 0.717) is 31.0 Å². The number of likely N-dealkylation sites (tertiary alicyclic amines) is 1. The number of benzene rings is 1. The van der Waals surface area contributed by atoms with Crippen molar-refractivity contribution in [3.63, 3.8) is 0 Å². The van der Waals surface area contributed by atoms with E-state index in [0.717, 1.165) is 0 Å². The standard InChI is InChI=1S/C18H26N2O5/c1-12-7-14(17(21)22)11-20(10-12)18(23)19-9-13(2)25-16-6-4-5-15(8-16)24-3/h4-6,8,12-14H,7,9-11H2,1-3H3,(H,19,23)(H,21,22). The fourth-order valence-electron chi connectivity index (χ4n) is 2.99. The van der Waals surface area contributed by atoms with Crippen LogP contribution < -0.4 is 14.8 Å². The number of ether oxygens (including phenoxy) is 2. The Labute approximate surface area is 147 Å². The lowest BCUT2D eigenvalue weighted by molar-refractivity contribution is -0.143. The van der Waals surface area contributed by atoms with Crippen molar-refractivity contribution in [2.75, 3.05) is 26.7 Å². The highest BCUT2D eigenvalue weighted by Crippen LogP contribution is 2.22. The van der Waals surface area contributed by atoms with Gasteiger partial charge in [-0.05, 0) is 31.4 Å². The van der Waals surface area contributed by atoms with Crippen LogP contribution >= 0.6 is 0 Å². The second-order valence-corrected chi connectivity index (χ2v) is 6.57. The van der Waals surface area contributed by atoms with Gasteiger partial charge in [-0.1, -0.05) is 13.0 Å². The first-order valence-electron chi connectivity index (χ1n) is 8.45. The fourth-order valence-corrected chi connectivity index (χ4v) is 2.99. The minimum Gasteiger partial charge on any atom is -0.497 e. The summed E-state index contributed by atoms with van der Waals surface area (Å²) in [6.45, 7) is 4.97. The summed E-state index contributed by atoms with van der Waals surface area (Å²) >= 11 is 0. The van der Waals surface area contributed by atoms with Crippen LogP contribution in [-0.2, 0) is 4.79 Å². The summed E-state index contributed by atoms with van der Waals surface area (Å²) < 4.78 is 10.9. The Hall–Kier alpha value is -2.44. The lowest BCUT2D eigenvalue weighted by Gasteiger charge is -2.34. The number of carbonyl (C=O) groups excluding carboxylic acids is 1. The molecular weight excluding hydrogens is 324 g/mol. The number of rotatable bonds is 6. The molecule has 3 unspecified atom stereocenters. The molecule has 1 aromatic rings. The molecule has 7 heteroatoms. The zero-order valence-corrected chi connectivity index (χ0v) is 14.9. The molecule has 2 rings (SSSR count). The third-order valence-corrected chi connectivity index (χ3v) is 4.22. The first kappa shape index (κ1) is 18.9. The summed E-state index contributed by atoms with van der Waals surface area (Å²) in [7, 11) is 1.59. The number of piperidine rings is 1. The van der Waals surface area contributed by atoms with Crippen LogP contribution in [0.2, 0.25) is 0 Å². The zero-order valence-electron chi connectivity index (χ0n) is 14.9. The molecule has 0 spiro atoms. The number of urea groups is 1. The van der Waals surface area contributed by atoms with Gasteiger partial charge in [0, 0.05) is 19.2 Å². The molecular formula is C18H26N2O5. The van der Waals surface area contributed by atoms with Crippen molar-refractivity contribution in [1.82, 2.24) is 10.2 Å². The molecule has 25 heavy (non-hydrogen) atoms. The van der Waals surface area contributed by atoms with E-state index in [2.05, 4.69) is 5.32 Å². The lowest BCUT2D eigenvalue weighted by atomic mass is 9.91. The average molecular weight is 350 g/mol. The summed E-state index contributed by atoms with van der Waals surface area (Å²) in [6.07, 6.45) is 0.377. The molecule has 3 atom stereocenters. The number of nitrogens with one attached hydrogen (secondary N) is 1. The summed E-state index contributed by atoms with van der Waals surface area (Å²) in [4.78, 5) is 25.1. The van der Waals surface area contributed by atoms with Gasteiger partial charge in [0.1, 0.15) is 17.6 Å². The number of aliphatic carboxylic acids is 1. The van der Waals surface area contributed by atoms with Crippen LogP contribution in [0.15, 0.2) is 24.3 Å². The van der Waals surface area contributed by atoms with Crippen molar-refractivity contribution in [1.29, 1.82) is 0 Å². The van der Waals surface area contributed by atoms with Gasteiger partial charge in [0.05, 0.1) is 19.6 Å². The number of hydrogen-bond donors (Lipinski definition) is 2. The molecule has 0 aliphatic carbocycles. The highest BCUT2D eigenvalue weighted by Gasteiger charge is 2.31. The number of amides is 2. The second-order valence-electron chi connectivity index (χ2n) is 6.57. The molecule has 0 aromatic heterocycles. The number of hydrogen-bond acceptors (Lipinski definition) is 4. The van der Waals surface area contributed by atoms with Crippen LogP contribution in [-0.4, -0.2) is 54.9 Å². The minimum absolute atomic E-state index is 0.172. The van der Waals surface area contributed by atoms with Gasteiger partial charge in [0.25, 0.3) is 0 Å². The van der Waals surface area contributed by atoms with Crippen LogP contribution in [0, 0.1) is 11.8 Å². The van der Waals surface area contributed by atoms with Gasteiger partial charge >= 0.3 is 12.0 Å². The summed E-state index contributed by atoms with van der Waals surface area (Å²) in [5, 5.41) is 12.0. The van der Waals surface area contributed by atoms with E-state index in [4.69, 9.17) is 9.47 Å². The molecule has 1 saturated heterocycles. The molecule has 0 saturated carbocycles. The topological polar surface area (TPSA) is 88.1 Å². The molecule has 0 bridgehead atoms. The molecule has 1 fully saturated rings. The molecule has 1 aliphatic heterocycles. The maximum Gasteiger partial charge on any atom is 0.317 e. The quantitative estimate of drug-likeness (QED) is 0.821. The van der Waals surface area contributed by atoms with Gasteiger partial charge in [0.2, 0.25) is 0 Å². The summed E-state index contributed by atoms with van der Waals surface area (Å²) in [5.74, 6) is 0.194. The van der Waals surface area contributed by atoms with E-state index < -0.39 is 11.9 Å². The third kappa shape index (κ3) is 5.55. The number of carboxylic acids is 1. The highest BCUT2D eigenvalue weighted by atomic mass is 16.5. The molecule has 1 aromatic carbocycles. The maximum atomic E-state index is 12.3. The molecule has 138 valence electrons. The molecule has 2 amide bonds. The Kier molecular flexibility index (Phi) is 6.50. The third-order valence-electron chi connectivity index (χ3n) is 4.22. The normalized spacial score (nSPS) is 21.3. The Balaban J connectivity index is 1.83. The van der Waals surface area contributed by atoms with E-state index in [1.165, 1.54) is 0 Å². The number of nitrogens with zero attached hydrogens (tertiary/aromatic N) is 1. The van der Waals surface area contributed by atoms with E-state index in [1.54, 1.807) is 18.1 Å². The van der Waals surface area contributed by atoms with E-state index in [9.17, 15) is 14.7 Å². The Morgan fingerprint density at radius 3 is 2.76 bits per heavy atom. The SMILES string of the molecule is COc1cccc(OC(C)CNC(=O)N2CC(C)CC(C(=O)O)C2)c1. The maximum absolute atomic E-state index is 12.3. The molecule has 7 nitrogen and oxygen atoms in total. The molecule has 1 aliphatic rings. The first-order valence-corrected chi connectivity index (χ1v) is 8.45. The average Bonchev–Trinajstić information content (AvgIpc) is 2.59. The van der Waals surface area contributed by atoms with Crippen LogP contribution in [0.4, 0.5) is 4.79 Å². The number of methoxy groups -OCH3 is 1. The van der Waals surface area contributed by atoms with Crippen molar-refractivity contribution in [2.24, 2.45) is 11.8 Å². The van der Waals surface area contributed by atoms with Gasteiger partial charge in [-0.2, -0.15) is 0 Å². The molecule has 2 N–H and O–H groups in total. The molecule has 1 heterocycles. The Bertz CT molecular complexity index is 607. The van der Waals surface area contributed by atoms with Gasteiger partial charge in [0.15, 0.2) is 0 Å². The van der Waals surface area contributed by atoms with E-state index in [-0.39, 0.29) is 24.6 Å². The second kappa shape index (κ2) is 8.60. The Morgan fingerprint density at radius 2 is 2.08 bits per heavy atom. The van der Waals surface area contributed by atoms with Gasteiger partial charge in [-0.25, -0.2) is 4.79 Å². The van der Waals surface area contributed by atoms with Gasteiger partial charge < -0.3 is 24.8 Å². The summed E-state index contributed by atoms with van der Waals surface area (Å²) in [6, 6.07) is 7.02. The zero-order chi connectivity index (χ0) is 18.4. The highest BCUT2D eigenvalue weighted by molar-refractivity contribution is 5.76. The fraction of sp³-hybridized carbons (Fsp3) is 0.556. The number of carbonyl (C=O) groups is 2. The first-order chi connectivity index (χ1) is 11.9. The van der Waals surface area contributed by atoms with Crippen LogP contribution in [0.1, 0.15) is 20.3 Å². The molecule has 0 radical (unpaired) electrons. The van der Waals surface area contributed by atoms with Crippen LogP contribution in [0.5, 0.6) is 11.5 Å². The predicted molar refractivity (Wildman–Crippen MR) is 93.0 cm³/mol. The lowest BCUT2D eigenvalue weighted by Crippen LogP contribution is -2.50. The van der Waals surface area contributed by atoms with Crippen LogP contribution in [0.3, 0.4) is 0 Å². The minimum atomic E-state index is -0.848. The van der Waals surface area contributed by atoms with E-state index >= 15 is 0 Å². The smallest absolute Gasteiger partial charge is 0.317 e. The monoisotopic (exact) mass is 350 g/mol. The van der Waals surface area contributed by atoms with Crippen molar-refractivity contribution in [3.05, 3.63) is 24.3 Å². The van der Waals surface area contributed by atoms with Crippen molar-refractivity contribution in [2.45, 2.75) is 26.4 Å². The van der Waals surface area contributed by atoms with Crippen molar-refractivity contribution >= 4 is 12.0 Å². The predicted octanol–water partition coefficient (Wildman–Crippen LogP) is 2.21. The Morgan fingerprint density at radius 1 is 1.36 bits per heavy atom. The van der Waals surface area contributed by atoms with E-state index in [1.807, 2.05) is 32.0 Å². The van der Waals surface area contributed by atoms with Gasteiger partial charge in [-0.15, -0.1) is 0 Å². The van der Waals surface area contributed by atoms with Crippen molar-refractivity contribution in [3.8, 4) is 11.5 Å². The largest absolute Gasteiger partial charge is 0.497 e.